The molecule has 0 aliphatic heterocycles. The molecule has 0 bridgehead atoms. The van der Waals surface area contributed by atoms with Crippen molar-refractivity contribution in [3.8, 4) is 0 Å². The van der Waals surface area contributed by atoms with Crippen molar-refractivity contribution in [1.82, 2.24) is 9.78 Å². The molecule has 1 saturated carbocycles. The normalized spacial score (nSPS) is 17.7. The third kappa shape index (κ3) is 2.37. The Hall–Kier alpha value is -1.32. The Morgan fingerprint density at radius 3 is 2.87 bits per heavy atom. The van der Waals surface area contributed by atoms with E-state index in [2.05, 4.69) is 10.4 Å². The van der Waals surface area contributed by atoms with Gasteiger partial charge >= 0.3 is 0 Å². The van der Waals surface area contributed by atoms with E-state index in [0.29, 0.717) is 6.04 Å². The molecule has 0 aromatic carbocycles. The van der Waals surface area contributed by atoms with E-state index in [4.69, 9.17) is 0 Å². The molecule has 0 atom stereocenters. The molecule has 1 amide bonds. The van der Waals surface area contributed by atoms with Gasteiger partial charge in [0.1, 0.15) is 5.82 Å². The maximum Gasteiger partial charge on any atom is 0.222 e. The number of carbonyl (C=O) groups is 1. The summed E-state index contributed by atoms with van der Waals surface area (Å²) < 4.78 is 1.96. The molecule has 4 nitrogen and oxygen atoms in total. The average molecular weight is 207 g/mol. The Morgan fingerprint density at radius 2 is 2.20 bits per heavy atom. The summed E-state index contributed by atoms with van der Waals surface area (Å²) in [5, 5.41) is 7.11. The summed E-state index contributed by atoms with van der Waals surface area (Å²) in [6.45, 7) is 1.53. The summed E-state index contributed by atoms with van der Waals surface area (Å²) in [6.07, 6.45) is 7.96. The SMILES string of the molecule is CC(=O)Nc1ccnn1C1CCCCC1. The zero-order valence-corrected chi connectivity index (χ0v) is 9.07. The number of anilines is 1. The molecule has 1 aliphatic rings. The van der Waals surface area contributed by atoms with E-state index in [1.165, 1.54) is 39.0 Å². The zero-order valence-electron chi connectivity index (χ0n) is 9.07. The van der Waals surface area contributed by atoms with Crippen LogP contribution >= 0.6 is 0 Å². The minimum atomic E-state index is -0.0347. The predicted molar refractivity (Wildman–Crippen MR) is 58.7 cm³/mol. The Morgan fingerprint density at radius 1 is 1.47 bits per heavy atom. The van der Waals surface area contributed by atoms with Gasteiger partial charge in [0.05, 0.1) is 12.2 Å². The lowest BCUT2D eigenvalue weighted by atomic mass is 9.96. The van der Waals surface area contributed by atoms with E-state index in [1.54, 1.807) is 6.20 Å². The second-order valence-electron chi connectivity index (χ2n) is 4.13. The molecule has 1 fully saturated rings. The van der Waals surface area contributed by atoms with Crippen molar-refractivity contribution in [2.75, 3.05) is 5.32 Å². The molecular formula is C11H17N3O. The fraction of sp³-hybridized carbons (Fsp3) is 0.636. The molecule has 2 rings (SSSR count). The molecule has 0 unspecified atom stereocenters. The summed E-state index contributed by atoms with van der Waals surface area (Å²) >= 11 is 0. The molecule has 0 saturated heterocycles. The second-order valence-corrected chi connectivity index (χ2v) is 4.13. The van der Waals surface area contributed by atoms with E-state index in [1.807, 2.05) is 10.7 Å². The summed E-state index contributed by atoms with van der Waals surface area (Å²) in [5.74, 6) is 0.793. The number of carbonyl (C=O) groups excluding carboxylic acids is 1. The van der Waals surface area contributed by atoms with Crippen molar-refractivity contribution in [2.45, 2.75) is 45.1 Å². The Bertz CT molecular complexity index is 339. The molecule has 82 valence electrons. The number of nitrogens with zero attached hydrogens (tertiary/aromatic N) is 2. The number of nitrogens with one attached hydrogen (secondary N) is 1. The van der Waals surface area contributed by atoms with Crippen molar-refractivity contribution in [1.29, 1.82) is 0 Å². The first-order valence-electron chi connectivity index (χ1n) is 5.58. The molecule has 0 spiro atoms. The molecule has 1 aliphatic carbocycles. The first kappa shape index (κ1) is 10.2. The first-order valence-corrected chi connectivity index (χ1v) is 5.58. The number of rotatable bonds is 2. The highest BCUT2D eigenvalue weighted by molar-refractivity contribution is 5.87. The maximum absolute atomic E-state index is 11.0. The van der Waals surface area contributed by atoms with Gasteiger partial charge in [-0.2, -0.15) is 5.10 Å². The van der Waals surface area contributed by atoms with Crippen molar-refractivity contribution in [3.05, 3.63) is 12.3 Å². The van der Waals surface area contributed by atoms with Gasteiger partial charge < -0.3 is 5.32 Å². The summed E-state index contributed by atoms with van der Waals surface area (Å²) in [7, 11) is 0. The summed E-state index contributed by atoms with van der Waals surface area (Å²) in [6, 6.07) is 2.33. The first-order chi connectivity index (χ1) is 7.27. The van der Waals surface area contributed by atoms with Crippen LogP contribution in [-0.4, -0.2) is 15.7 Å². The van der Waals surface area contributed by atoms with Gasteiger partial charge in [-0.05, 0) is 12.8 Å². The van der Waals surface area contributed by atoms with E-state index >= 15 is 0 Å². The van der Waals surface area contributed by atoms with Gasteiger partial charge in [0.2, 0.25) is 5.91 Å². The quantitative estimate of drug-likeness (QED) is 0.809. The molecular weight excluding hydrogens is 190 g/mol. The van der Waals surface area contributed by atoms with Crippen LogP contribution in [-0.2, 0) is 4.79 Å². The maximum atomic E-state index is 11.0. The van der Waals surface area contributed by atoms with Crippen LogP contribution in [0.3, 0.4) is 0 Å². The fourth-order valence-electron chi connectivity index (χ4n) is 2.21. The van der Waals surface area contributed by atoms with Crippen LogP contribution in [0.4, 0.5) is 5.82 Å². The smallest absolute Gasteiger partial charge is 0.222 e. The van der Waals surface area contributed by atoms with E-state index in [9.17, 15) is 4.79 Å². The van der Waals surface area contributed by atoms with Crippen LogP contribution in [0.5, 0.6) is 0 Å². The van der Waals surface area contributed by atoms with Gasteiger partial charge in [-0.1, -0.05) is 19.3 Å². The van der Waals surface area contributed by atoms with Gasteiger partial charge in [-0.25, -0.2) is 4.68 Å². The van der Waals surface area contributed by atoms with Crippen LogP contribution in [0.1, 0.15) is 45.1 Å². The number of hydrogen-bond donors (Lipinski definition) is 1. The lowest BCUT2D eigenvalue weighted by molar-refractivity contribution is -0.114. The van der Waals surface area contributed by atoms with Crippen molar-refractivity contribution >= 4 is 11.7 Å². The standard InChI is InChI=1S/C11H17N3O/c1-9(15)13-11-7-8-12-14(11)10-5-3-2-4-6-10/h7-8,10H,2-6H2,1H3,(H,13,15). The lowest BCUT2D eigenvalue weighted by Crippen LogP contribution is -2.18. The Balaban J connectivity index is 2.12. The monoisotopic (exact) mass is 207 g/mol. The van der Waals surface area contributed by atoms with E-state index in [-0.39, 0.29) is 5.91 Å². The highest BCUT2D eigenvalue weighted by Gasteiger charge is 2.18. The van der Waals surface area contributed by atoms with Crippen molar-refractivity contribution in [3.63, 3.8) is 0 Å². The van der Waals surface area contributed by atoms with Crippen LogP contribution < -0.4 is 5.32 Å². The summed E-state index contributed by atoms with van der Waals surface area (Å²) in [5.41, 5.74) is 0. The molecule has 4 heteroatoms. The number of amides is 1. The molecule has 1 heterocycles. The van der Waals surface area contributed by atoms with Gasteiger partial charge in [0.15, 0.2) is 0 Å². The lowest BCUT2D eigenvalue weighted by Gasteiger charge is -2.23. The van der Waals surface area contributed by atoms with Crippen LogP contribution in [0.15, 0.2) is 12.3 Å². The van der Waals surface area contributed by atoms with Crippen molar-refractivity contribution < 1.29 is 4.79 Å². The molecule has 0 radical (unpaired) electrons. The number of hydrogen-bond acceptors (Lipinski definition) is 2. The molecule has 15 heavy (non-hydrogen) atoms. The van der Waals surface area contributed by atoms with E-state index < -0.39 is 0 Å². The molecule has 1 aromatic rings. The highest BCUT2D eigenvalue weighted by Crippen LogP contribution is 2.29. The summed E-state index contributed by atoms with van der Waals surface area (Å²) in [4.78, 5) is 11.0. The highest BCUT2D eigenvalue weighted by atomic mass is 16.1. The minimum Gasteiger partial charge on any atom is -0.311 e. The fourth-order valence-corrected chi connectivity index (χ4v) is 2.21. The third-order valence-corrected chi connectivity index (χ3v) is 2.89. The van der Waals surface area contributed by atoms with Gasteiger partial charge in [-0.15, -0.1) is 0 Å². The number of aromatic nitrogens is 2. The van der Waals surface area contributed by atoms with Gasteiger partial charge in [-0.3, -0.25) is 4.79 Å². The van der Waals surface area contributed by atoms with Crippen LogP contribution in [0.2, 0.25) is 0 Å². The predicted octanol–water partition coefficient (Wildman–Crippen LogP) is 2.35. The van der Waals surface area contributed by atoms with Gasteiger partial charge in [0.25, 0.3) is 0 Å². The van der Waals surface area contributed by atoms with Crippen molar-refractivity contribution in [2.24, 2.45) is 0 Å². The van der Waals surface area contributed by atoms with Gasteiger partial charge in [0, 0.05) is 13.0 Å². The van der Waals surface area contributed by atoms with E-state index in [0.717, 1.165) is 5.82 Å². The zero-order chi connectivity index (χ0) is 10.7. The largest absolute Gasteiger partial charge is 0.311 e. The Labute approximate surface area is 89.7 Å². The minimum absolute atomic E-state index is 0.0347. The molecule has 1 N–H and O–H groups in total. The van der Waals surface area contributed by atoms with Crippen LogP contribution in [0, 0.1) is 0 Å². The van der Waals surface area contributed by atoms with Crippen LogP contribution in [0.25, 0.3) is 0 Å². The second kappa shape index (κ2) is 4.47. The Kier molecular flexibility index (Phi) is 3.04. The topological polar surface area (TPSA) is 46.9 Å². The average Bonchev–Trinajstić information content (AvgIpc) is 2.66. The molecule has 1 aromatic heterocycles. The third-order valence-electron chi connectivity index (χ3n) is 2.89.